The molecule has 0 amide bonds. The van der Waals surface area contributed by atoms with E-state index in [2.05, 4.69) is 11.1 Å². The molecule has 0 aromatic carbocycles. The molecule has 100 valence electrons. The van der Waals surface area contributed by atoms with Gasteiger partial charge in [0.2, 0.25) is 0 Å². The molecule has 0 radical (unpaired) electrons. The minimum atomic E-state index is 0.166. The molecule has 0 aliphatic heterocycles. The van der Waals surface area contributed by atoms with Crippen LogP contribution in [0.25, 0.3) is 0 Å². The van der Waals surface area contributed by atoms with Gasteiger partial charge in [0.25, 0.3) is 0 Å². The number of rotatable bonds is 4. The summed E-state index contributed by atoms with van der Waals surface area (Å²) in [5, 5.41) is 0. The van der Waals surface area contributed by atoms with E-state index in [1.165, 1.54) is 17.7 Å². The van der Waals surface area contributed by atoms with E-state index >= 15 is 0 Å². The highest BCUT2D eigenvalue weighted by atomic mass is 16.3. The van der Waals surface area contributed by atoms with Crippen LogP contribution < -0.4 is 5.73 Å². The second-order valence-electron chi connectivity index (χ2n) is 5.33. The number of nitrogens with two attached hydrogens (primary N) is 1. The molecular formula is C16H20N2O. The fraction of sp³-hybridized carbons (Fsp3) is 0.438. The van der Waals surface area contributed by atoms with Crippen molar-refractivity contribution in [2.24, 2.45) is 5.73 Å². The Hall–Kier alpha value is -1.61. The smallest absolute Gasteiger partial charge is 0.103 e. The Balaban J connectivity index is 1.69. The van der Waals surface area contributed by atoms with E-state index in [0.29, 0.717) is 5.92 Å². The van der Waals surface area contributed by atoms with Crippen LogP contribution in [-0.2, 0) is 12.8 Å². The lowest BCUT2D eigenvalue weighted by molar-refractivity contribution is 0.414. The Kier molecular flexibility index (Phi) is 3.65. The lowest BCUT2D eigenvalue weighted by atomic mass is 9.81. The summed E-state index contributed by atoms with van der Waals surface area (Å²) in [5.41, 5.74) is 9.00. The number of nitrogens with zero attached hydrogens (tertiary/aromatic N) is 1. The molecule has 3 heteroatoms. The van der Waals surface area contributed by atoms with Crippen molar-refractivity contribution in [1.82, 2.24) is 4.98 Å². The standard InChI is InChI=1S/C16H20N2O/c17-15(9-8-13-6-3-11-19-13)14-7-1-4-12-5-2-10-18-16(12)14/h2-3,5-6,10-11,14-15H,1,4,7-9,17H2. The molecule has 1 aliphatic carbocycles. The molecule has 2 atom stereocenters. The van der Waals surface area contributed by atoms with Crippen molar-refractivity contribution in [3.05, 3.63) is 53.7 Å². The van der Waals surface area contributed by atoms with Crippen LogP contribution in [0.15, 0.2) is 41.1 Å². The maximum atomic E-state index is 6.40. The summed E-state index contributed by atoms with van der Waals surface area (Å²) in [4.78, 5) is 4.56. The molecule has 2 unspecified atom stereocenters. The van der Waals surface area contributed by atoms with Crippen LogP contribution in [-0.4, -0.2) is 11.0 Å². The van der Waals surface area contributed by atoms with Crippen molar-refractivity contribution < 1.29 is 4.42 Å². The summed E-state index contributed by atoms with van der Waals surface area (Å²) in [7, 11) is 0. The molecule has 3 rings (SSSR count). The molecule has 19 heavy (non-hydrogen) atoms. The first-order chi connectivity index (χ1) is 9.34. The first-order valence-corrected chi connectivity index (χ1v) is 7.06. The second kappa shape index (κ2) is 5.57. The lowest BCUT2D eigenvalue weighted by Gasteiger charge is -2.29. The molecule has 0 saturated heterocycles. The van der Waals surface area contributed by atoms with E-state index in [0.717, 1.165) is 31.4 Å². The topological polar surface area (TPSA) is 52.0 Å². The average Bonchev–Trinajstić information content (AvgIpc) is 2.97. The summed E-state index contributed by atoms with van der Waals surface area (Å²) >= 11 is 0. The van der Waals surface area contributed by atoms with Crippen LogP contribution in [0.4, 0.5) is 0 Å². The summed E-state index contributed by atoms with van der Waals surface area (Å²) < 4.78 is 5.37. The summed E-state index contributed by atoms with van der Waals surface area (Å²) in [6, 6.07) is 8.32. The minimum Gasteiger partial charge on any atom is -0.469 e. The third-order valence-corrected chi connectivity index (χ3v) is 4.06. The molecule has 0 spiro atoms. The molecule has 2 aromatic heterocycles. The zero-order valence-electron chi connectivity index (χ0n) is 11.1. The van der Waals surface area contributed by atoms with E-state index in [4.69, 9.17) is 10.2 Å². The van der Waals surface area contributed by atoms with Gasteiger partial charge in [-0.3, -0.25) is 4.98 Å². The molecule has 2 N–H and O–H groups in total. The van der Waals surface area contributed by atoms with Crippen molar-refractivity contribution in [1.29, 1.82) is 0 Å². The normalized spacial score (nSPS) is 19.9. The van der Waals surface area contributed by atoms with Gasteiger partial charge in [0.1, 0.15) is 5.76 Å². The Morgan fingerprint density at radius 2 is 2.32 bits per heavy atom. The largest absolute Gasteiger partial charge is 0.469 e. The number of aromatic nitrogens is 1. The third kappa shape index (κ3) is 2.71. The fourth-order valence-corrected chi connectivity index (χ4v) is 3.03. The summed E-state index contributed by atoms with van der Waals surface area (Å²) in [5.74, 6) is 1.42. The molecular weight excluding hydrogens is 236 g/mol. The number of fused-ring (bicyclic) bond motifs is 1. The highest BCUT2D eigenvalue weighted by Crippen LogP contribution is 2.32. The lowest BCUT2D eigenvalue weighted by Crippen LogP contribution is -2.32. The van der Waals surface area contributed by atoms with Gasteiger partial charge in [0.05, 0.1) is 6.26 Å². The molecule has 3 nitrogen and oxygen atoms in total. The molecule has 2 aromatic rings. The highest BCUT2D eigenvalue weighted by Gasteiger charge is 2.26. The zero-order valence-corrected chi connectivity index (χ0v) is 11.1. The highest BCUT2D eigenvalue weighted by molar-refractivity contribution is 5.27. The monoisotopic (exact) mass is 256 g/mol. The van der Waals surface area contributed by atoms with E-state index < -0.39 is 0 Å². The van der Waals surface area contributed by atoms with Gasteiger partial charge >= 0.3 is 0 Å². The Bertz CT molecular complexity index is 521. The van der Waals surface area contributed by atoms with Gasteiger partial charge < -0.3 is 10.2 Å². The maximum Gasteiger partial charge on any atom is 0.103 e. The number of pyridine rings is 1. The van der Waals surface area contributed by atoms with E-state index in [-0.39, 0.29) is 6.04 Å². The Morgan fingerprint density at radius 3 is 3.16 bits per heavy atom. The fourth-order valence-electron chi connectivity index (χ4n) is 3.03. The molecule has 0 fully saturated rings. The minimum absolute atomic E-state index is 0.166. The predicted octanol–water partition coefficient (Wildman–Crippen LogP) is 3.05. The van der Waals surface area contributed by atoms with E-state index in [1.807, 2.05) is 24.4 Å². The number of aryl methyl sites for hydroxylation is 2. The van der Waals surface area contributed by atoms with Crippen LogP contribution in [0.2, 0.25) is 0 Å². The van der Waals surface area contributed by atoms with Gasteiger partial charge in [0, 0.05) is 30.3 Å². The maximum absolute atomic E-state index is 6.40. The predicted molar refractivity (Wildman–Crippen MR) is 74.9 cm³/mol. The number of furan rings is 1. The number of hydrogen-bond acceptors (Lipinski definition) is 3. The Morgan fingerprint density at radius 1 is 1.37 bits per heavy atom. The van der Waals surface area contributed by atoms with Crippen molar-refractivity contribution in [3.8, 4) is 0 Å². The van der Waals surface area contributed by atoms with Crippen molar-refractivity contribution in [3.63, 3.8) is 0 Å². The molecule has 2 heterocycles. The first kappa shape index (κ1) is 12.4. The van der Waals surface area contributed by atoms with Crippen LogP contribution in [0, 0.1) is 0 Å². The van der Waals surface area contributed by atoms with Gasteiger partial charge in [-0.2, -0.15) is 0 Å². The van der Waals surface area contributed by atoms with Gasteiger partial charge in [0.15, 0.2) is 0 Å². The molecule has 1 aliphatic rings. The van der Waals surface area contributed by atoms with Crippen molar-refractivity contribution in [2.45, 2.75) is 44.1 Å². The zero-order chi connectivity index (χ0) is 13.1. The number of hydrogen-bond donors (Lipinski definition) is 1. The second-order valence-corrected chi connectivity index (χ2v) is 5.33. The quantitative estimate of drug-likeness (QED) is 0.914. The average molecular weight is 256 g/mol. The third-order valence-electron chi connectivity index (χ3n) is 4.06. The van der Waals surface area contributed by atoms with Crippen molar-refractivity contribution >= 4 is 0 Å². The first-order valence-electron chi connectivity index (χ1n) is 7.06. The molecule has 0 saturated carbocycles. The van der Waals surface area contributed by atoms with Gasteiger partial charge in [-0.25, -0.2) is 0 Å². The van der Waals surface area contributed by atoms with Gasteiger partial charge in [-0.1, -0.05) is 6.07 Å². The SMILES string of the molecule is NC(CCc1ccco1)C1CCCc2cccnc21. The van der Waals surface area contributed by atoms with Crippen LogP contribution in [0.3, 0.4) is 0 Å². The Labute approximate surface area is 113 Å². The summed E-state index contributed by atoms with van der Waals surface area (Å²) in [6.45, 7) is 0. The van der Waals surface area contributed by atoms with Crippen molar-refractivity contribution in [2.75, 3.05) is 0 Å². The van der Waals surface area contributed by atoms with E-state index in [1.54, 1.807) is 6.26 Å². The van der Waals surface area contributed by atoms with Crippen LogP contribution in [0.1, 0.15) is 42.2 Å². The summed E-state index contributed by atoms with van der Waals surface area (Å²) in [6.07, 6.45) is 8.99. The van der Waals surface area contributed by atoms with E-state index in [9.17, 15) is 0 Å². The van der Waals surface area contributed by atoms with Gasteiger partial charge in [-0.05, 0) is 49.4 Å². The molecule has 0 bridgehead atoms. The van der Waals surface area contributed by atoms with Crippen LogP contribution >= 0.6 is 0 Å². The van der Waals surface area contributed by atoms with Gasteiger partial charge in [-0.15, -0.1) is 0 Å². The van der Waals surface area contributed by atoms with Crippen LogP contribution in [0.5, 0.6) is 0 Å².